The van der Waals surface area contributed by atoms with Crippen LogP contribution in [0.15, 0.2) is 12.7 Å². The van der Waals surface area contributed by atoms with Crippen LogP contribution in [0, 0.1) is 5.92 Å². The number of ether oxygens (including phenoxy) is 2. The zero-order chi connectivity index (χ0) is 14.7. The van der Waals surface area contributed by atoms with Crippen LogP contribution < -0.4 is 0 Å². The predicted octanol–water partition coefficient (Wildman–Crippen LogP) is 2.53. The molecular formula is C17H27NO3. The van der Waals surface area contributed by atoms with Crippen LogP contribution in [0.4, 0.5) is 0 Å². The highest BCUT2D eigenvalue weighted by molar-refractivity contribution is 5.79. The number of hydrogen-bond donors (Lipinski definition) is 0. The molecule has 0 N–H and O–H groups in total. The summed E-state index contributed by atoms with van der Waals surface area (Å²) in [4.78, 5) is 14.9. The van der Waals surface area contributed by atoms with Crippen molar-refractivity contribution in [3.8, 4) is 0 Å². The number of fused-ring (bicyclic) bond motifs is 1. The Labute approximate surface area is 127 Å². The topological polar surface area (TPSA) is 38.8 Å². The highest BCUT2D eigenvalue weighted by Gasteiger charge is 2.45. The van der Waals surface area contributed by atoms with Crippen molar-refractivity contribution in [1.82, 2.24) is 4.90 Å². The number of amides is 1. The lowest BCUT2D eigenvalue weighted by molar-refractivity contribution is -0.155. The molecule has 1 aliphatic heterocycles. The second-order valence-corrected chi connectivity index (χ2v) is 6.51. The lowest BCUT2D eigenvalue weighted by atomic mass is 9.87. The van der Waals surface area contributed by atoms with Crippen LogP contribution in [0.5, 0.6) is 0 Å². The summed E-state index contributed by atoms with van der Waals surface area (Å²) < 4.78 is 11.7. The van der Waals surface area contributed by atoms with Gasteiger partial charge in [-0.15, -0.1) is 6.58 Å². The van der Waals surface area contributed by atoms with Gasteiger partial charge in [0.25, 0.3) is 0 Å². The van der Waals surface area contributed by atoms with E-state index < -0.39 is 0 Å². The largest absolute Gasteiger partial charge is 0.372 e. The highest BCUT2D eigenvalue weighted by atomic mass is 16.5. The van der Waals surface area contributed by atoms with Crippen molar-refractivity contribution in [2.45, 2.75) is 63.2 Å². The molecule has 2 saturated carbocycles. The summed E-state index contributed by atoms with van der Waals surface area (Å²) in [5, 5.41) is 0. The van der Waals surface area contributed by atoms with E-state index in [0.29, 0.717) is 19.1 Å². The first-order chi connectivity index (χ1) is 10.3. The maximum absolute atomic E-state index is 12.8. The van der Waals surface area contributed by atoms with Gasteiger partial charge in [0.1, 0.15) is 6.10 Å². The molecule has 118 valence electrons. The number of morpholine rings is 1. The highest BCUT2D eigenvalue weighted by Crippen LogP contribution is 2.34. The van der Waals surface area contributed by atoms with Crippen LogP contribution in [0.3, 0.4) is 0 Å². The number of rotatable bonds is 4. The average molecular weight is 293 g/mol. The molecule has 1 heterocycles. The smallest absolute Gasteiger partial charge is 0.226 e. The number of nitrogens with zero attached hydrogens (tertiary/aromatic N) is 1. The molecule has 4 nitrogen and oxygen atoms in total. The second-order valence-electron chi connectivity index (χ2n) is 6.51. The second kappa shape index (κ2) is 6.93. The van der Waals surface area contributed by atoms with E-state index in [9.17, 15) is 4.79 Å². The lowest BCUT2D eigenvalue weighted by Gasteiger charge is -2.41. The molecule has 1 saturated heterocycles. The quantitative estimate of drug-likeness (QED) is 0.748. The summed E-state index contributed by atoms with van der Waals surface area (Å²) >= 11 is 0. The zero-order valence-corrected chi connectivity index (χ0v) is 12.8. The molecule has 21 heavy (non-hydrogen) atoms. The molecule has 4 heteroatoms. The van der Waals surface area contributed by atoms with E-state index in [1.807, 2.05) is 0 Å². The Morgan fingerprint density at radius 1 is 1.24 bits per heavy atom. The fourth-order valence-corrected chi connectivity index (χ4v) is 4.14. The first kappa shape index (κ1) is 15.0. The normalized spacial score (nSPS) is 33.7. The molecule has 3 fully saturated rings. The summed E-state index contributed by atoms with van der Waals surface area (Å²) in [5.41, 5.74) is 0. The Kier molecular flexibility index (Phi) is 4.96. The van der Waals surface area contributed by atoms with E-state index in [1.54, 1.807) is 6.08 Å². The van der Waals surface area contributed by atoms with Crippen LogP contribution in [0.1, 0.15) is 44.9 Å². The standard InChI is InChI=1S/C17H27NO3/c1-2-11-20-15-9-8-14-16(15)21-12-10-18(14)17(19)13-6-4-3-5-7-13/h2,13-16H,1,3-12H2/t14-,15+,16+/m0/s1. The van der Waals surface area contributed by atoms with Crippen molar-refractivity contribution >= 4 is 5.91 Å². The van der Waals surface area contributed by atoms with Crippen LogP contribution >= 0.6 is 0 Å². The molecule has 2 aliphatic carbocycles. The Morgan fingerprint density at radius 3 is 2.81 bits per heavy atom. The number of carbonyl (C=O) groups is 1. The summed E-state index contributed by atoms with van der Waals surface area (Å²) in [6, 6.07) is 0.225. The van der Waals surface area contributed by atoms with Gasteiger partial charge < -0.3 is 14.4 Å². The van der Waals surface area contributed by atoms with Gasteiger partial charge in [-0.1, -0.05) is 25.3 Å². The molecule has 3 aliphatic rings. The monoisotopic (exact) mass is 293 g/mol. The van der Waals surface area contributed by atoms with E-state index in [0.717, 1.165) is 32.2 Å². The first-order valence-electron chi connectivity index (χ1n) is 8.46. The van der Waals surface area contributed by atoms with Gasteiger partial charge >= 0.3 is 0 Å². The van der Waals surface area contributed by atoms with Gasteiger partial charge in [-0.05, 0) is 25.7 Å². The third-order valence-electron chi connectivity index (χ3n) is 5.20. The fourth-order valence-electron chi connectivity index (χ4n) is 4.14. The Morgan fingerprint density at radius 2 is 2.05 bits per heavy atom. The maximum atomic E-state index is 12.8. The van der Waals surface area contributed by atoms with Gasteiger partial charge in [0.05, 0.1) is 25.4 Å². The van der Waals surface area contributed by atoms with E-state index >= 15 is 0 Å². The minimum absolute atomic E-state index is 0.0613. The minimum atomic E-state index is 0.0613. The van der Waals surface area contributed by atoms with Crippen molar-refractivity contribution in [3.63, 3.8) is 0 Å². The molecule has 3 atom stereocenters. The lowest BCUT2D eigenvalue weighted by Crippen LogP contribution is -2.55. The molecule has 0 spiro atoms. The van der Waals surface area contributed by atoms with Crippen molar-refractivity contribution in [2.75, 3.05) is 19.8 Å². The number of hydrogen-bond acceptors (Lipinski definition) is 3. The van der Waals surface area contributed by atoms with Gasteiger partial charge in [0, 0.05) is 12.5 Å². The van der Waals surface area contributed by atoms with E-state index in [4.69, 9.17) is 9.47 Å². The molecule has 0 unspecified atom stereocenters. The van der Waals surface area contributed by atoms with E-state index in [-0.39, 0.29) is 24.2 Å². The summed E-state index contributed by atoms with van der Waals surface area (Å²) in [6.07, 6.45) is 9.80. The van der Waals surface area contributed by atoms with E-state index in [2.05, 4.69) is 11.5 Å². The molecule has 1 amide bonds. The van der Waals surface area contributed by atoms with Crippen molar-refractivity contribution < 1.29 is 14.3 Å². The molecule has 0 bridgehead atoms. The van der Waals surface area contributed by atoms with E-state index in [1.165, 1.54) is 19.3 Å². The molecule has 0 radical (unpaired) electrons. The van der Waals surface area contributed by atoms with Crippen LogP contribution in [-0.4, -0.2) is 48.8 Å². The van der Waals surface area contributed by atoms with Gasteiger partial charge in [-0.3, -0.25) is 4.79 Å². The number of carbonyl (C=O) groups excluding carboxylic acids is 1. The first-order valence-corrected chi connectivity index (χ1v) is 8.46. The third-order valence-corrected chi connectivity index (χ3v) is 5.20. The fraction of sp³-hybridized carbons (Fsp3) is 0.824. The Hall–Kier alpha value is -0.870. The summed E-state index contributed by atoms with van der Waals surface area (Å²) in [5.74, 6) is 0.628. The maximum Gasteiger partial charge on any atom is 0.226 e. The van der Waals surface area contributed by atoms with Crippen LogP contribution in [0.2, 0.25) is 0 Å². The van der Waals surface area contributed by atoms with Crippen molar-refractivity contribution in [2.24, 2.45) is 5.92 Å². The molecule has 0 aromatic heterocycles. The molecule has 0 aromatic carbocycles. The van der Waals surface area contributed by atoms with Crippen molar-refractivity contribution in [3.05, 3.63) is 12.7 Å². The minimum Gasteiger partial charge on any atom is -0.372 e. The molecular weight excluding hydrogens is 266 g/mol. The van der Waals surface area contributed by atoms with Gasteiger partial charge in [0.2, 0.25) is 5.91 Å². The van der Waals surface area contributed by atoms with Gasteiger partial charge in [0.15, 0.2) is 0 Å². The van der Waals surface area contributed by atoms with Gasteiger partial charge in [-0.2, -0.15) is 0 Å². The molecule has 3 rings (SSSR count). The SMILES string of the molecule is C=CCO[C@@H]1CC[C@H]2[C@H]1OCCN2C(=O)C1CCCCC1. The van der Waals surface area contributed by atoms with Gasteiger partial charge in [-0.25, -0.2) is 0 Å². The summed E-state index contributed by atoms with van der Waals surface area (Å²) in [7, 11) is 0. The van der Waals surface area contributed by atoms with Crippen LogP contribution in [-0.2, 0) is 14.3 Å². The van der Waals surface area contributed by atoms with Crippen LogP contribution in [0.25, 0.3) is 0 Å². The predicted molar refractivity (Wildman–Crippen MR) is 81.0 cm³/mol. The summed E-state index contributed by atoms with van der Waals surface area (Å²) in [6.45, 7) is 5.66. The Balaban J connectivity index is 1.63. The third kappa shape index (κ3) is 3.16. The van der Waals surface area contributed by atoms with Crippen molar-refractivity contribution in [1.29, 1.82) is 0 Å². The Bertz CT molecular complexity index is 378. The molecule has 0 aromatic rings. The average Bonchev–Trinajstić information content (AvgIpc) is 2.96. The zero-order valence-electron chi connectivity index (χ0n) is 12.8.